The lowest BCUT2D eigenvalue weighted by atomic mass is 10.0. The van der Waals surface area contributed by atoms with Gasteiger partial charge in [-0.25, -0.2) is 0 Å². The van der Waals surface area contributed by atoms with E-state index in [1.165, 1.54) is 34.1 Å². The number of hydrogen-bond acceptors (Lipinski definition) is 1. The second kappa shape index (κ2) is 19.9. The third-order valence-corrected chi connectivity index (χ3v) is 3.43. The first-order valence-corrected chi connectivity index (χ1v) is 9.65. The molecule has 0 radical (unpaired) electrons. The van der Waals surface area contributed by atoms with Crippen LogP contribution < -0.4 is 0 Å². The highest BCUT2D eigenvalue weighted by atomic mass is 32.1. The lowest BCUT2D eigenvalue weighted by Gasteiger charge is -2.02. The largest absolute Gasteiger partial charge is 0.144 e. The maximum atomic E-state index is 3.36. The molecule has 0 bridgehead atoms. The first-order chi connectivity index (χ1) is 10.7. The molecule has 0 aliphatic carbocycles. The van der Waals surface area contributed by atoms with E-state index in [2.05, 4.69) is 44.0 Å². The van der Waals surface area contributed by atoms with E-state index in [1.807, 2.05) is 59.8 Å². The molecule has 0 atom stereocenters. The summed E-state index contributed by atoms with van der Waals surface area (Å²) in [6.07, 6.45) is 4.19. The van der Waals surface area contributed by atoms with Crippen molar-refractivity contribution >= 4 is 21.4 Å². The van der Waals surface area contributed by atoms with Gasteiger partial charge < -0.3 is 0 Å². The van der Waals surface area contributed by atoms with Crippen LogP contribution in [0.2, 0.25) is 0 Å². The quantitative estimate of drug-likeness (QED) is 0.486. The molecule has 1 aromatic heterocycles. The molecule has 128 valence electrons. The van der Waals surface area contributed by atoms with E-state index in [4.69, 9.17) is 0 Å². The van der Waals surface area contributed by atoms with Crippen molar-refractivity contribution in [1.29, 1.82) is 0 Å². The van der Waals surface area contributed by atoms with Gasteiger partial charge in [0.25, 0.3) is 0 Å². The molecule has 0 nitrogen and oxygen atoms in total. The monoisotopic (exact) mass is 322 g/mol. The Hall–Kier alpha value is -1.08. The highest BCUT2D eigenvalue weighted by Crippen LogP contribution is 2.28. The van der Waals surface area contributed by atoms with Gasteiger partial charge in [0.15, 0.2) is 0 Å². The molecule has 2 rings (SSSR count). The van der Waals surface area contributed by atoms with Gasteiger partial charge in [-0.3, -0.25) is 0 Å². The lowest BCUT2D eigenvalue weighted by Crippen LogP contribution is -1.84. The van der Waals surface area contributed by atoms with Crippen LogP contribution in [0, 0.1) is 6.92 Å². The smallest absolute Gasteiger partial charge is 0.0377 e. The van der Waals surface area contributed by atoms with Crippen molar-refractivity contribution in [2.45, 2.75) is 75.2 Å². The van der Waals surface area contributed by atoms with E-state index < -0.39 is 0 Å². The van der Waals surface area contributed by atoms with E-state index >= 15 is 0 Å². The van der Waals surface area contributed by atoms with E-state index in [9.17, 15) is 0 Å². The zero-order valence-corrected chi connectivity index (χ0v) is 17.2. The number of rotatable bonds is 2. The van der Waals surface area contributed by atoms with Gasteiger partial charge in [0.2, 0.25) is 0 Å². The average Bonchev–Trinajstić information content (AvgIpc) is 3.08. The van der Waals surface area contributed by atoms with E-state index in [1.54, 1.807) is 6.08 Å². The molecular formula is C21H38S. The summed E-state index contributed by atoms with van der Waals surface area (Å²) in [5, 5.41) is 3.63. The Labute approximate surface area is 144 Å². The molecule has 2 aromatic rings. The summed E-state index contributed by atoms with van der Waals surface area (Å²) >= 11 is 1.87. The number of fused-ring (bicyclic) bond motifs is 1. The SMILES string of the molecule is C=CC.CC.CC.CC.CCCc1ccc(C)c2ccsc12. The molecule has 0 saturated heterocycles. The first kappa shape index (κ1) is 25.9. The van der Waals surface area contributed by atoms with Crippen LogP contribution in [0.4, 0.5) is 0 Å². The van der Waals surface area contributed by atoms with Gasteiger partial charge in [-0.1, -0.05) is 73.1 Å². The summed E-state index contributed by atoms with van der Waals surface area (Å²) in [5.41, 5.74) is 2.91. The average molecular weight is 323 g/mol. The molecule has 0 aliphatic heterocycles. The fourth-order valence-electron chi connectivity index (χ4n) is 1.73. The van der Waals surface area contributed by atoms with Gasteiger partial charge in [-0.2, -0.15) is 0 Å². The molecule has 1 heterocycles. The van der Waals surface area contributed by atoms with E-state index in [-0.39, 0.29) is 0 Å². The normalized spacial score (nSPS) is 7.86. The zero-order chi connectivity index (χ0) is 18.0. The predicted molar refractivity (Wildman–Crippen MR) is 110 cm³/mol. The second-order valence-electron chi connectivity index (χ2n) is 3.86. The zero-order valence-electron chi connectivity index (χ0n) is 16.4. The summed E-state index contributed by atoms with van der Waals surface area (Å²) in [4.78, 5) is 0. The highest BCUT2D eigenvalue weighted by molar-refractivity contribution is 7.17. The molecule has 1 aromatic carbocycles. The van der Waals surface area contributed by atoms with Gasteiger partial charge in [0.1, 0.15) is 0 Å². The maximum absolute atomic E-state index is 3.36. The topological polar surface area (TPSA) is 0 Å². The Morgan fingerprint density at radius 2 is 1.50 bits per heavy atom. The van der Waals surface area contributed by atoms with Crippen LogP contribution in [-0.2, 0) is 6.42 Å². The Morgan fingerprint density at radius 1 is 1.00 bits per heavy atom. The van der Waals surface area contributed by atoms with Crippen molar-refractivity contribution in [3.8, 4) is 0 Å². The summed E-state index contributed by atoms with van der Waals surface area (Å²) < 4.78 is 1.49. The lowest BCUT2D eigenvalue weighted by molar-refractivity contribution is 0.931. The third-order valence-electron chi connectivity index (χ3n) is 2.44. The van der Waals surface area contributed by atoms with Gasteiger partial charge in [-0.15, -0.1) is 17.9 Å². The molecule has 0 amide bonds. The molecule has 0 unspecified atom stereocenters. The Kier molecular flexibility index (Phi) is 23.4. The van der Waals surface area contributed by atoms with Crippen molar-refractivity contribution in [1.82, 2.24) is 0 Å². The Bertz CT molecular complexity index is 452. The van der Waals surface area contributed by atoms with Crippen molar-refractivity contribution < 1.29 is 0 Å². The number of aryl methyl sites for hydroxylation is 2. The fourth-order valence-corrected chi connectivity index (χ4v) is 2.74. The summed E-state index contributed by atoms with van der Waals surface area (Å²) in [5.74, 6) is 0. The van der Waals surface area contributed by atoms with Gasteiger partial charge in [0.05, 0.1) is 0 Å². The minimum absolute atomic E-state index is 1.21. The van der Waals surface area contributed by atoms with Crippen LogP contribution in [-0.4, -0.2) is 0 Å². The molecule has 0 fully saturated rings. The van der Waals surface area contributed by atoms with Gasteiger partial charge >= 0.3 is 0 Å². The molecule has 0 saturated carbocycles. The minimum atomic E-state index is 1.21. The van der Waals surface area contributed by atoms with Crippen molar-refractivity contribution in [3.63, 3.8) is 0 Å². The second-order valence-corrected chi connectivity index (χ2v) is 4.78. The molecule has 0 N–H and O–H groups in total. The first-order valence-electron chi connectivity index (χ1n) is 8.77. The summed E-state index contributed by atoms with van der Waals surface area (Å²) in [6, 6.07) is 6.74. The number of thiophene rings is 1. The predicted octanol–water partition coefficient (Wildman–Crippen LogP) is 8.43. The molecule has 0 aliphatic rings. The minimum Gasteiger partial charge on any atom is -0.144 e. The van der Waals surface area contributed by atoms with Crippen molar-refractivity contribution in [3.05, 3.63) is 47.4 Å². The summed E-state index contributed by atoms with van der Waals surface area (Å²) in [6.45, 7) is 21.7. The fraction of sp³-hybridized carbons (Fsp3) is 0.524. The number of hydrogen-bond donors (Lipinski definition) is 0. The molecular weight excluding hydrogens is 284 g/mol. The Morgan fingerprint density at radius 3 is 1.95 bits per heavy atom. The van der Waals surface area contributed by atoms with Crippen LogP contribution in [0.15, 0.2) is 36.2 Å². The van der Waals surface area contributed by atoms with Crippen LogP contribution in [0.3, 0.4) is 0 Å². The highest BCUT2D eigenvalue weighted by Gasteiger charge is 2.03. The molecule has 22 heavy (non-hydrogen) atoms. The molecule has 0 spiro atoms. The van der Waals surface area contributed by atoms with Crippen LogP contribution in [0.5, 0.6) is 0 Å². The van der Waals surface area contributed by atoms with E-state index in [0.717, 1.165) is 0 Å². The van der Waals surface area contributed by atoms with Crippen LogP contribution >= 0.6 is 11.3 Å². The third kappa shape index (κ3) is 9.78. The Balaban J connectivity index is -0.000000344. The van der Waals surface area contributed by atoms with Crippen LogP contribution in [0.1, 0.15) is 72.9 Å². The van der Waals surface area contributed by atoms with Gasteiger partial charge in [0, 0.05) is 4.70 Å². The van der Waals surface area contributed by atoms with Gasteiger partial charge in [-0.05, 0) is 48.2 Å². The number of allylic oxidation sites excluding steroid dienone is 1. The van der Waals surface area contributed by atoms with E-state index in [0.29, 0.717) is 0 Å². The summed E-state index contributed by atoms with van der Waals surface area (Å²) in [7, 11) is 0. The number of benzene rings is 1. The standard InChI is InChI=1S/C12H14S.C3H6.3C2H6/c1-3-4-10-6-5-9(2)11-7-8-13-12(10)11;1-3-2;3*1-2/h5-8H,3-4H2,1-2H3;3H,1H2,2H3;3*1-2H3. The molecule has 1 heteroatoms. The maximum Gasteiger partial charge on any atom is 0.0377 e. The van der Waals surface area contributed by atoms with Crippen molar-refractivity contribution in [2.75, 3.05) is 0 Å². The van der Waals surface area contributed by atoms with Crippen molar-refractivity contribution in [2.24, 2.45) is 0 Å². The van der Waals surface area contributed by atoms with Crippen LogP contribution in [0.25, 0.3) is 10.1 Å².